The molecule has 1 unspecified atom stereocenters. The fourth-order valence-corrected chi connectivity index (χ4v) is 1.69. The highest BCUT2D eigenvalue weighted by atomic mass is 16.1. The zero-order chi connectivity index (χ0) is 12.8. The van der Waals surface area contributed by atoms with Crippen molar-refractivity contribution >= 4 is 5.91 Å². The molecule has 18 heavy (non-hydrogen) atoms. The number of nitrogens with zero attached hydrogens (tertiary/aromatic N) is 1. The molecule has 0 saturated carbocycles. The molecular formula is C14H13N3O. The fraction of sp³-hybridized carbons (Fsp3) is 0.143. The van der Waals surface area contributed by atoms with Gasteiger partial charge in [-0.3, -0.25) is 4.79 Å². The number of rotatable bonds is 4. The van der Waals surface area contributed by atoms with E-state index >= 15 is 0 Å². The van der Waals surface area contributed by atoms with E-state index in [-0.39, 0.29) is 5.91 Å². The zero-order valence-electron chi connectivity index (χ0n) is 9.76. The van der Waals surface area contributed by atoms with Gasteiger partial charge in [0.2, 0.25) is 5.91 Å². The first-order valence-corrected chi connectivity index (χ1v) is 5.65. The first-order valence-electron chi connectivity index (χ1n) is 5.65. The van der Waals surface area contributed by atoms with Crippen molar-refractivity contribution in [3.8, 4) is 6.07 Å². The van der Waals surface area contributed by atoms with Gasteiger partial charge in [-0.15, -0.1) is 0 Å². The Hall–Kier alpha value is -2.54. The van der Waals surface area contributed by atoms with Crippen LogP contribution in [0.4, 0.5) is 0 Å². The second-order valence-corrected chi connectivity index (χ2v) is 3.91. The van der Waals surface area contributed by atoms with Crippen LogP contribution >= 0.6 is 0 Å². The Kier molecular flexibility index (Phi) is 3.77. The third-order valence-corrected chi connectivity index (χ3v) is 2.65. The van der Waals surface area contributed by atoms with E-state index in [1.54, 1.807) is 18.3 Å². The third-order valence-electron chi connectivity index (χ3n) is 2.65. The summed E-state index contributed by atoms with van der Waals surface area (Å²) in [7, 11) is 0. The number of H-pyrrole nitrogens is 1. The van der Waals surface area contributed by atoms with Gasteiger partial charge < -0.3 is 10.3 Å². The van der Waals surface area contributed by atoms with Crippen LogP contribution in [-0.4, -0.2) is 10.9 Å². The molecule has 90 valence electrons. The molecule has 0 aliphatic heterocycles. The van der Waals surface area contributed by atoms with Crippen molar-refractivity contribution in [2.75, 3.05) is 0 Å². The predicted octanol–water partition coefficient (Wildman–Crippen LogP) is 1.94. The number of nitriles is 1. The molecule has 2 N–H and O–H groups in total. The Morgan fingerprint density at radius 2 is 2.11 bits per heavy atom. The molecule has 1 aromatic carbocycles. The summed E-state index contributed by atoms with van der Waals surface area (Å²) in [5.41, 5.74) is 1.69. The maximum atomic E-state index is 11.9. The number of carbonyl (C=O) groups is 1. The molecule has 1 atom stereocenters. The average molecular weight is 239 g/mol. The van der Waals surface area contributed by atoms with Crippen LogP contribution < -0.4 is 5.32 Å². The van der Waals surface area contributed by atoms with Crippen LogP contribution in [0, 0.1) is 11.3 Å². The molecule has 1 amide bonds. The standard InChI is InChI=1S/C14H13N3O/c15-8-13(12-4-2-1-3-5-12)14(18)17-10-11-6-7-16-9-11/h1-7,9,13,16H,10H2,(H,17,18). The summed E-state index contributed by atoms with van der Waals surface area (Å²) in [6.07, 6.45) is 3.60. The Morgan fingerprint density at radius 1 is 1.33 bits per heavy atom. The molecule has 0 bridgehead atoms. The van der Waals surface area contributed by atoms with Crippen molar-refractivity contribution in [3.05, 3.63) is 59.9 Å². The fourth-order valence-electron chi connectivity index (χ4n) is 1.69. The Balaban J connectivity index is 2.01. The highest BCUT2D eigenvalue weighted by Gasteiger charge is 2.19. The second kappa shape index (κ2) is 5.69. The van der Waals surface area contributed by atoms with Crippen molar-refractivity contribution in [2.24, 2.45) is 0 Å². The number of hydrogen-bond acceptors (Lipinski definition) is 2. The lowest BCUT2D eigenvalue weighted by atomic mass is 10.00. The SMILES string of the molecule is N#CC(C(=O)NCc1cc[nH]c1)c1ccccc1. The number of aromatic amines is 1. The number of benzene rings is 1. The lowest BCUT2D eigenvalue weighted by Crippen LogP contribution is -2.28. The highest BCUT2D eigenvalue weighted by molar-refractivity contribution is 5.86. The Morgan fingerprint density at radius 3 is 2.72 bits per heavy atom. The molecule has 2 aromatic rings. The number of nitrogens with one attached hydrogen (secondary N) is 2. The molecule has 0 saturated heterocycles. The monoisotopic (exact) mass is 239 g/mol. The van der Waals surface area contributed by atoms with Gasteiger partial charge in [-0.05, 0) is 17.2 Å². The van der Waals surface area contributed by atoms with Gasteiger partial charge in [0, 0.05) is 18.9 Å². The smallest absolute Gasteiger partial charge is 0.242 e. The van der Waals surface area contributed by atoms with Crippen LogP contribution in [0.2, 0.25) is 0 Å². The summed E-state index contributed by atoms with van der Waals surface area (Å²) in [6, 6.07) is 13.0. The summed E-state index contributed by atoms with van der Waals surface area (Å²) in [4.78, 5) is 14.8. The second-order valence-electron chi connectivity index (χ2n) is 3.91. The molecule has 0 fully saturated rings. The van der Waals surface area contributed by atoms with E-state index in [4.69, 9.17) is 5.26 Å². The van der Waals surface area contributed by atoms with E-state index in [0.29, 0.717) is 12.1 Å². The molecule has 0 aliphatic rings. The van der Waals surface area contributed by atoms with Gasteiger partial charge in [0.25, 0.3) is 0 Å². The molecule has 1 heterocycles. The van der Waals surface area contributed by atoms with Crippen LogP contribution in [0.15, 0.2) is 48.8 Å². The maximum Gasteiger partial charge on any atom is 0.242 e. The summed E-state index contributed by atoms with van der Waals surface area (Å²) in [5.74, 6) is -1.03. The molecule has 4 heteroatoms. The lowest BCUT2D eigenvalue weighted by Gasteiger charge is -2.09. The van der Waals surface area contributed by atoms with E-state index in [9.17, 15) is 4.79 Å². The predicted molar refractivity (Wildman–Crippen MR) is 67.4 cm³/mol. The number of aromatic nitrogens is 1. The molecule has 1 aromatic heterocycles. The Bertz CT molecular complexity index is 540. The van der Waals surface area contributed by atoms with Gasteiger partial charge in [-0.1, -0.05) is 30.3 Å². The van der Waals surface area contributed by atoms with Gasteiger partial charge >= 0.3 is 0 Å². The summed E-state index contributed by atoms with van der Waals surface area (Å²) in [5, 5.41) is 11.8. The quantitative estimate of drug-likeness (QED) is 0.856. The van der Waals surface area contributed by atoms with Crippen LogP contribution in [0.5, 0.6) is 0 Å². The van der Waals surface area contributed by atoms with Crippen LogP contribution in [0.1, 0.15) is 17.0 Å². The molecule has 2 rings (SSSR count). The molecule has 0 radical (unpaired) electrons. The maximum absolute atomic E-state index is 11.9. The van der Waals surface area contributed by atoms with Gasteiger partial charge in [0.05, 0.1) is 6.07 Å². The molecule has 0 aliphatic carbocycles. The van der Waals surface area contributed by atoms with Crippen LogP contribution in [-0.2, 0) is 11.3 Å². The van der Waals surface area contributed by atoms with Crippen molar-refractivity contribution < 1.29 is 4.79 Å². The van der Waals surface area contributed by atoms with E-state index in [0.717, 1.165) is 5.56 Å². The summed E-state index contributed by atoms with van der Waals surface area (Å²) >= 11 is 0. The number of carbonyl (C=O) groups excluding carboxylic acids is 1. The highest BCUT2D eigenvalue weighted by Crippen LogP contribution is 2.14. The largest absolute Gasteiger partial charge is 0.367 e. The first-order chi connectivity index (χ1) is 8.81. The minimum absolute atomic E-state index is 0.273. The lowest BCUT2D eigenvalue weighted by molar-refractivity contribution is -0.121. The van der Waals surface area contributed by atoms with Gasteiger partial charge in [-0.25, -0.2) is 0 Å². The number of amides is 1. The van der Waals surface area contributed by atoms with Gasteiger partial charge in [0.15, 0.2) is 0 Å². The van der Waals surface area contributed by atoms with Gasteiger partial charge in [0.1, 0.15) is 5.92 Å². The van der Waals surface area contributed by atoms with E-state index in [2.05, 4.69) is 10.3 Å². The van der Waals surface area contributed by atoms with Crippen molar-refractivity contribution in [3.63, 3.8) is 0 Å². The number of hydrogen-bond donors (Lipinski definition) is 2. The van der Waals surface area contributed by atoms with Gasteiger partial charge in [-0.2, -0.15) is 5.26 Å². The van der Waals surface area contributed by atoms with E-state index < -0.39 is 5.92 Å². The summed E-state index contributed by atoms with van der Waals surface area (Å²) < 4.78 is 0. The van der Waals surface area contributed by atoms with Crippen molar-refractivity contribution in [1.29, 1.82) is 5.26 Å². The molecule has 0 spiro atoms. The van der Waals surface area contributed by atoms with E-state index in [1.807, 2.05) is 36.5 Å². The minimum atomic E-state index is -0.759. The first kappa shape index (κ1) is 11.9. The zero-order valence-corrected chi connectivity index (χ0v) is 9.76. The summed E-state index contributed by atoms with van der Waals surface area (Å²) in [6.45, 7) is 0.424. The average Bonchev–Trinajstić information content (AvgIpc) is 2.92. The van der Waals surface area contributed by atoms with E-state index in [1.165, 1.54) is 0 Å². The molecular weight excluding hydrogens is 226 g/mol. The topological polar surface area (TPSA) is 68.7 Å². The third kappa shape index (κ3) is 2.77. The normalized spacial score (nSPS) is 11.5. The van der Waals surface area contributed by atoms with Crippen LogP contribution in [0.25, 0.3) is 0 Å². The van der Waals surface area contributed by atoms with Crippen LogP contribution in [0.3, 0.4) is 0 Å². The molecule has 4 nitrogen and oxygen atoms in total. The Labute approximate surface area is 105 Å². The van der Waals surface area contributed by atoms with Crippen molar-refractivity contribution in [2.45, 2.75) is 12.5 Å². The minimum Gasteiger partial charge on any atom is -0.367 e. The van der Waals surface area contributed by atoms with Crippen molar-refractivity contribution in [1.82, 2.24) is 10.3 Å².